The molecule has 1 fully saturated rings. The molecule has 1 aliphatic rings. The largest absolute Gasteiger partial charge is 0.481 e. The fraction of sp³-hybridized carbons (Fsp3) is 0.923. The number of hydrogen-bond acceptors (Lipinski definition) is 2. The van der Waals surface area contributed by atoms with E-state index in [2.05, 4.69) is 6.92 Å². The highest BCUT2D eigenvalue weighted by atomic mass is 16.6. The average Bonchev–Trinajstić information content (AvgIpc) is 2.92. The monoisotopic (exact) mass is 228 g/mol. The quantitative estimate of drug-likeness (QED) is 0.460. The molecule has 0 spiro atoms. The van der Waals surface area contributed by atoms with Crippen LogP contribution < -0.4 is 0 Å². The SMILES string of the molecule is CC1OC1CCCCCCCCCC(=O)O. The van der Waals surface area contributed by atoms with Crippen LogP contribution in [0.1, 0.15) is 64.7 Å². The number of aliphatic carboxylic acids is 1. The Morgan fingerprint density at radius 2 is 1.56 bits per heavy atom. The van der Waals surface area contributed by atoms with Gasteiger partial charge in [0.25, 0.3) is 0 Å². The highest BCUT2D eigenvalue weighted by molar-refractivity contribution is 5.66. The van der Waals surface area contributed by atoms with Crippen molar-refractivity contribution in [3.63, 3.8) is 0 Å². The smallest absolute Gasteiger partial charge is 0.303 e. The number of unbranched alkanes of at least 4 members (excludes halogenated alkanes) is 6. The minimum Gasteiger partial charge on any atom is -0.481 e. The van der Waals surface area contributed by atoms with Crippen molar-refractivity contribution in [1.29, 1.82) is 0 Å². The number of ether oxygens (including phenoxy) is 1. The van der Waals surface area contributed by atoms with Gasteiger partial charge in [-0.15, -0.1) is 0 Å². The second-order valence-electron chi connectivity index (χ2n) is 4.79. The zero-order valence-electron chi connectivity index (χ0n) is 10.3. The van der Waals surface area contributed by atoms with E-state index in [1.807, 2.05) is 0 Å². The molecule has 1 saturated heterocycles. The second-order valence-corrected chi connectivity index (χ2v) is 4.79. The van der Waals surface area contributed by atoms with Gasteiger partial charge >= 0.3 is 5.97 Å². The molecule has 0 amide bonds. The molecule has 1 rings (SSSR count). The average molecular weight is 228 g/mol. The van der Waals surface area contributed by atoms with Crippen LogP contribution in [0.15, 0.2) is 0 Å². The lowest BCUT2D eigenvalue weighted by atomic mass is 10.1. The van der Waals surface area contributed by atoms with Crippen LogP contribution in [0.3, 0.4) is 0 Å². The summed E-state index contributed by atoms with van der Waals surface area (Å²) in [7, 11) is 0. The lowest BCUT2D eigenvalue weighted by Crippen LogP contribution is -1.93. The molecule has 2 unspecified atom stereocenters. The van der Waals surface area contributed by atoms with Crippen molar-refractivity contribution in [2.45, 2.75) is 76.9 Å². The van der Waals surface area contributed by atoms with E-state index in [0.29, 0.717) is 18.6 Å². The summed E-state index contributed by atoms with van der Waals surface area (Å²) in [5.74, 6) is -0.668. The van der Waals surface area contributed by atoms with Crippen LogP contribution in [0, 0.1) is 0 Å². The van der Waals surface area contributed by atoms with E-state index in [1.165, 1.54) is 38.5 Å². The Hall–Kier alpha value is -0.570. The van der Waals surface area contributed by atoms with Crippen LogP contribution in [-0.4, -0.2) is 23.3 Å². The van der Waals surface area contributed by atoms with Crippen LogP contribution >= 0.6 is 0 Å². The Labute approximate surface area is 98.2 Å². The number of carboxylic acids is 1. The Bertz CT molecular complexity index is 203. The normalized spacial score (nSPS) is 23.3. The fourth-order valence-electron chi connectivity index (χ4n) is 2.04. The summed E-state index contributed by atoms with van der Waals surface area (Å²) in [6, 6.07) is 0. The Morgan fingerprint density at radius 1 is 1.06 bits per heavy atom. The minimum atomic E-state index is -0.668. The molecular formula is C13H24O3. The third kappa shape index (κ3) is 6.83. The first kappa shape index (κ1) is 13.5. The number of rotatable bonds is 10. The molecule has 0 bridgehead atoms. The molecule has 0 saturated carbocycles. The van der Waals surface area contributed by atoms with Gasteiger partial charge in [-0.05, 0) is 19.8 Å². The maximum absolute atomic E-state index is 10.3. The van der Waals surface area contributed by atoms with Gasteiger partial charge in [-0.2, -0.15) is 0 Å². The minimum absolute atomic E-state index is 0.330. The summed E-state index contributed by atoms with van der Waals surface area (Å²) >= 11 is 0. The number of carbonyl (C=O) groups is 1. The summed E-state index contributed by atoms with van der Waals surface area (Å²) in [6.07, 6.45) is 10.8. The molecule has 1 N–H and O–H groups in total. The Balaban J connectivity index is 1.70. The van der Waals surface area contributed by atoms with Crippen molar-refractivity contribution >= 4 is 5.97 Å². The lowest BCUT2D eigenvalue weighted by Gasteiger charge is -2.00. The third-order valence-electron chi connectivity index (χ3n) is 3.22. The van der Waals surface area contributed by atoms with Gasteiger partial charge in [0.2, 0.25) is 0 Å². The van der Waals surface area contributed by atoms with Gasteiger partial charge in [-0.25, -0.2) is 0 Å². The first-order chi connectivity index (χ1) is 7.70. The van der Waals surface area contributed by atoms with Crippen molar-refractivity contribution in [3.05, 3.63) is 0 Å². The van der Waals surface area contributed by atoms with E-state index in [1.54, 1.807) is 0 Å². The van der Waals surface area contributed by atoms with Gasteiger partial charge in [0.1, 0.15) is 0 Å². The van der Waals surface area contributed by atoms with Crippen molar-refractivity contribution in [2.75, 3.05) is 0 Å². The van der Waals surface area contributed by atoms with Crippen LogP contribution in [0.5, 0.6) is 0 Å². The van der Waals surface area contributed by atoms with E-state index >= 15 is 0 Å². The Kier molecular flexibility index (Phi) is 6.46. The number of hydrogen-bond donors (Lipinski definition) is 1. The standard InChI is InChI=1S/C13H24O3/c1-11-12(16-11)9-7-5-3-2-4-6-8-10-13(14)15/h11-12H,2-10H2,1H3,(H,14,15). The molecule has 1 heterocycles. The van der Waals surface area contributed by atoms with Crippen molar-refractivity contribution in [2.24, 2.45) is 0 Å². The molecule has 0 aliphatic carbocycles. The van der Waals surface area contributed by atoms with E-state index in [4.69, 9.17) is 9.84 Å². The summed E-state index contributed by atoms with van der Waals surface area (Å²) in [4.78, 5) is 10.3. The highest BCUT2D eigenvalue weighted by Gasteiger charge is 2.32. The van der Waals surface area contributed by atoms with Crippen LogP contribution in [0.4, 0.5) is 0 Å². The van der Waals surface area contributed by atoms with E-state index in [-0.39, 0.29) is 0 Å². The molecule has 2 atom stereocenters. The number of epoxide rings is 1. The molecule has 1 aliphatic heterocycles. The zero-order valence-corrected chi connectivity index (χ0v) is 10.3. The van der Waals surface area contributed by atoms with Crippen molar-refractivity contribution in [3.8, 4) is 0 Å². The van der Waals surface area contributed by atoms with Crippen LogP contribution in [-0.2, 0) is 9.53 Å². The first-order valence-corrected chi connectivity index (χ1v) is 6.57. The highest BCUT2D eigenvalue weighted by Crippen LogP contribution is 2.26. The summed E-state index contributed by atoms with van der Waals surface area (Å²) in [5, 5.41) is 8.45. The van der Waals surface area contributed by atoms with Gasteiger partial charge in [-0.3, -0.25) is 4.79 Å². The molecule has 3 nitrogen and oxygen atoms in total. The van der Waals surface area contributed by atoms with Gasteiger partial charge in [0.05, 0.1) is 12.2 Å². The molecule has 0 aromatic heterocycles. The fourth-order valence-corrected chi connectivity index (χ4v) is 2.04. The van der Waals surface area contributed by atoms with Crippen LogP contribution in [0.2, 0.25) is 0 Å². The predicted octanol–water partition coefficient (Wildman–Crippen LogP) is 3.37. The molecule has 3 heteroatoms. The molecule has 0 aromatic carbocycles. The predicted molar refractivity (Wildman–Crippen MR) is 63.5 cm³/mol. The van der Waals surface area contributed by atoms with Crippen molar-refractivity contribution < 1.29 is 14.6 Å². The summed E-state index contributed by atoms with van der Waals surface area (Å²) in [6.45, 7) is 2.13. The molecule has 0 aromatic rings. The Morgan fingerprint density at radius 3 is 2.06 bits per heavy atom. The van der Waals surface area contributed by atoms with Gasteiger partial charge in [-0.1, -0.05) is 38.5 Å². The maximum Gasteiger partial charge on any atom is 0.303 e. The second kappa shape index (κ2) is 7.66. The third-order valence-corrected chi connectivity index (χ3v) is 3.22. The van der Waals surface area contributed by atoms with E-state index in [0.717, 1.165) is 12.8 Å². The summed E-state index contributed by atoms with van der Waals surface area (Å²) < 4.78 is 5.34. The maximum atomic E-state index is 10.3. The first-order valence-electron chi connectivity index (χ1n) is 6.57. The lowest BCUT2D eigenvalue weighted by molar-refractivity contribution is -0.137. The number of carboxylic acid groups (broad SMARTS) is 1. The topological polar surface area (TPSA) is 49.8 Å². The summed E-state index contributed by atoms with van der Waals surface area (Å²) in [5.41, 5.74) is 0. The molecule has 94 valence electrons. The van der Waals surface area contributed by atoms with Gasteiger partial charge in [0, 0.05) is 6.42 Å². The van der Waals surface area contributed by atoms with Crippen LogP contribution in [0.25, 0.3) is 0 Å². The zero-order chi connectivity index (χ0) is 11.8. The molecule has 0 radical (unpaired) electrons. The van der Waals surface area contributed by atoms with E-state index in [9.17, 15) is 4.79 Å². The van der Waals surface area contributed by atoms with Gasteiger partial charge in [0.15, 0.2) is 0 Å². The molecular weight excluding hydrogens is 204 g/mol. The molecule has 16 heavy (non-hydrogen) atoms. The van der Waals surface area contributed by atoms with Crippen molar-refractivity contribution in [1.82, 2.24) is 0 Å². The van der Waals surface area contributed by atoms with Gasteiger partial charge < -0.3 is 9.84 Å². The van der Waals surface area contributed by atoms with E-state index < -0.39 is 5.97 Å².